The van der Waals surface area contributed by atoms with E-state index in [0.717, 1.165) is 18.2 Å². The fourth-order valence-corrected chi connectivity index (χ4v) is 2.71. The van der Waals surface area contributed by atoms with Gasteiger partial charge in [0, 0.05) is 12.6 Å². The van der Waals surface area contributed by atoms with Crippen LogP contribution in [0, 0.1) is 0 Å². The molecule has 0 spiro atoms. The second-order valence-corrected chi connectivity index (χ2v) is 5.62. The highest BCUT2D eigenvalue weighted by Crippen LogP contribution is 2.23. The van der Waals surface area contributed by atoms with Gasteiger partial charge in [0.15, 0.2) is 5.96 Å². The summed E-state index contributed by atoms with van der Waals surface area (Å²) in [5, 5.41) is 13.1. The van der Waals surface area contributed by atoms with E-state index in [4.69, 9.17) is 4.52 Å². The summed E-state index contributed by atoms with van der Waals surface area (Å²) in [6.07, 6.45) is 1.56. The summed E-state index contributed by atoms with van der Waals surface area (Å²) in [7, 11) is 0. The third-order valence-electron chi connectivity index (χ3n) is 3.88. The van der Waals surface area contributed by atoms with Gasteiger partial charge in [-0.3, -0.25) is 0 Å². The Bertz CT molecular complexity index is 806. The second-order valence-electron chi connectivity index (χ2n) is 5.62. The summed E-state index contributed by atoms with van der Waals surface area (Å²) in [6.45, 7) is 5.47. The maximum atomic E-state index is 4.85. The minimum absolute atomic E-state index is 0.131. The van der Waals surface area contributed by atoms with Crippen LogP contribution in [0.2, 0.25) is 0 Å². The van der Waals surface area contributed by atoms with Gasteiger partial charge in [0.25, 0.3) is 0 Å². The Balaban J connectivity index is 1.79. The van der Waals surface area contributed by atoms with Gasteiger partial charge in [-0.2, -0.15) is 0 Å². The van der Waals surface area contributed by atoms with Crippen molar-refractivity contribution in [3.05, 3.63) is 66.1 Å². The van der Waals surface area contributed by atoms with E-state index in [9.17, 15) is 0 Å². The second kappa shape index (κ2) is 7.64. The van der Waals surface area contributed by atoms with E-state index >= 15 is 0 Å². The molecule has 0 saturated carbocycles. The van der Waals surface area contributed by atoms with Crippen LogP contribution in [0.3, 0.4) is 0 Å². The zero-order valence-electron chi connectivity index (χ0n) is 14.0. The van der Waals surface area contributed by atoms with Crippen molar-refractivity contribution in [2.45, 2.75) is 26.4 Å². The standard InChI is InChI=1S/C19H22N4O/c1-3-20-19(21-13-16-11-12-24-23-16)22-14(2)17-10-6-8-15-7-4-5-9-18(15)17/h4-12,14H,3,13H2,1-2H3,(H2,20,21,22). The van der Waals surface area contributed by atoms with Crippen LogP contribution in [0.4, 0.5) is 0 Å². The molecule has 0 fully saturated rings. The Hall–Kier alpha value is -2.82. The van der Waals surface area contributed by atoms with Crippen LogP contribution in [0.1, 0.15) is 31.1 Å². The summed E-state index contributed by atoms with van der Waals surface area (Å²) in [5.74, 6) is 0.765. The fraction of sp³-hybridized carbons (Fsp3) is 0.263. The first-order valence-corrected chi connectivity index (χ1v) is 8.19. The Labute approximate surface area is 141 Å². The first-order chi connectivity index (χ1) is 11.8. The van der Waals surface area contributed by atoms with E-state index in [1.165, 1.54) is 16.3 Å². The van der Waals surface area contributed by atoms with Crippen molar-refractivity contribution >= 4 is 16.7 Å². The quantitative estimate of drug-likeness (QED) is 0.556. The predicted octanol–water partition coefficient (Wildman–Crippen LogP) is 3.64. The van der Waals surface area contributed by atoms with Gasteiger partial charge < -0.3 is 15.2 Å². The van der Waals surface area contributed by atoms with Crippen LogP contribution in [0.5, 0.6) is 0 Å². The molecular weight excluding hydrogens is 300 g/mol. The number of aromatic nitrogens is 1. The largest absolute Gasteiger partial charge is 0.364 e. The molecule has 2 aromatic carbocycles. The van der Waals surface area contributed by atoms with Crippen molar-refractivity contribution in [3.63, 3.8) is 0 Å². The lowest BCUT2D eigenvalue weighted by Crippen LogP contribution is -2.38. The van der Waals surface area contributed by atoms with E-state index in [1.54, 1.807) is 6.26 Å². The average molecular weight is 322 g/mol. The molecule has 0 aliphatic heterocycles. The minimum atomic E-state index is 0.131. The summed E-state index contributed by atoms with van der Waals surface area (Å²) < 4.78 is 4.85. The fourth-order valence-electron chi connectivity index (χ4n) is 2.71. The highest BCUT2D eigenvalue weighted by Gasteiger charge is 2.11. The number of fused-ring (bicyclic) bond motifs is 1. The van der Waals surface area contributed by atoms with Crippen molar-refractivity contribution in [3.8, 4) is 0 Å². The lowest BCUT2D eigenvalue weighted by atomic mass is 10.00. The maximum Gasteiger partial charge on any atom is 0.192 e. The van der Waals surface area contributed by atoms with Crippen molar-refractivity contribution in [2.24, 2.45) is 4.99 Å². The van der Waals surface area contributed by atoms with E-state index in [0.29, 0.717) is 6.54 Å². The molecule has 5 nitrogen and oxygen atoms in total. The molecule has 1 aromatic heterocycles. The number of aliphatic imine (C=N–C) groups is 1. The average Bonchev–Trinajstić information content (AvgIpc) is 3.13. The zero-order valence-corrected chi connectivity index (χ0v) is 14.0. The normalized spacial score (nSPS) is 13.0. The molecule has 5 heteroatoms. The van der Waals surface area contributed by atoms with Crippen LogP contribution in [0.25, 0.3) is 10.8 Å². The summed E-state index contributed by atoms with van der Waals surface area (Å²) in [5.41, 5.74) is 2.06. The van der Waals surface area contributed by atoms with E-state index in [2.05, 4.69) is 77.1 Å². The summed E-state index contributed by atoms with van der Waals surface area (Å²) in [6, 6.07) is 16.8. The van der Waals surface area contributed by atoms with Gasteiger partial charge in [-0.05, 0) is 30.2 Å². The van der Waals surface area contributed by atoms with Crippen molar-refractivity contribution < 1.29 is 4.52 Å². The topological polar surface area (TPSA) is 62.5 Å². The highest BCUT2D eigenvalue weighted by molar-refractivity contribution is 5.87. The third-order valence-corrected chi connectivity index (χ3v) is 3.88. The first kappa shape index (κ1) is 16.1. The van der Waals surface area contributed by atoms with Crippen LogP contribution in [-0.4, -0.2) is 17.7 Å². The number of nitrogens with zero attached hydrogens (tertiary/aromatic N) is 2. The van der Waals surface area contributed by atoms with Crippen LogP contribution in [-0.2, 0) is 6.54 Å². The Morgan fingerprint density at radius 1 is 1.17 bits per heavy atom. The third kappa shape index (κ3) is 3.74. The molecule has 3 aromatic rings. The molecular formula is C19H22N4O. The van der Waals surface area contributed by atoms with Crippen molar-refractivity contribution in [2.75, 3.05) is 6.54 Å². The smallest absolute Gasteiger partial charge is 0.192 e. The molecule has 1 atom stereocenters. The minimum Gasteiger partial charge on any atom is -0.364 e. The maximum absolute atomic E-state index is 4.85. The zero-order chi connectivity index (χ0) is 16.8. The summed E-state index contributed by atoms with van der Waals surface area (Å²) in [4.78, 5) is 4.57. The van der Waals surface area contributed by atoms with Crippen LogP contribution < -0.4 is 10.6 Å². The number of hydrogen-bond donors (Lipinski definition) is 2. The molecule has 0 aliphatic carbocycles. The van der Waals surface area contributed by atoms with Gasteiger partial charge in [0.1, 0.15) is 12.0 Å². The number of guanidine groups is 1. The lowest BCUT2D eigenvalue weighted by molar-refractivity contribution is 0.412. The van der Waals surface area contributed by atoms with Crippen molar-refractivity contribution in [1.82, 2.24) is 15.8 Å². The number of rotatable bonds is 5. The van der Waals surface area contributed by atoms with Gasteiger partial charge in [-0.15, -0.1) is 0 Å². The van der Waals surface area contributed by atoms with Crippen molar-refractivity contribution in [1.29, 1.82) is 0 Å². The molecule has 2 N–H and O–H groups in total. The SMILES string of the molecule is CCNC(=NCc1ccon1)NC(C)c1cccc2ccccc12. The molecule has 0 amide bonds. The Morgan fingerprint density at radius 3 is 2.79 bits per heavy atom. The Morgan fingerprint density at radius 2 is 2.00 bits per heavy atom. The van der Waals surface area contributed by atoms with Gasteiger partial charge in [-0.1, -0.05) is 47.6 Å². The molecule has 0 radical (unpaired) electrons. The number of hydrogen-bond acceptors (Lipinski definition) is 3. The molecule has 0 bridgehead atoms. The molecule has 124 valence electrons. The monoisotopic (exact) mass is 322 g/mol. The van der Waals surface area contributed by atoms with E-state index in [1.807, 2.05) is 6.07 Å². The molecule has 3 rings (SSSR count). The van der Waals surface area contributed by atoms with Gasteiger partial charge in [-0.25, -0.2) is 4.99 Å². The van der Waals surface area contributed by atoms with Gasteiger partial charge >= 0.3 is 0 Å². The molecule has 1 unspecified atom stereocenters. The summed E-state index contributed by atoms with van der Waals surface area (Å²) >= 11 is 0. The molecule has 0 aliphatic rings. The first-order valence-electron chi connectivity index (χ1n) is 8.19. The van der Waals surface area contributed by atoms with Gasteiger partial charge in [0.2, 0.25) is 0 Å². The number of benzene rings is 2. The van der Waals surface area contributed by atoms with E-state index in [-0.39, 0.29) is 6.04 Å². The van der Waals surface area contributed by atoms with Crippen LogP contribution >= 0.6 is 0 Å². The highest BCUT2D eigenvalue weighted by atomic mass is 16.5. The van der Waals surface area contributed by atoms with E-state index < -0.39 is 0 Å². The molecule has 1 heterocycles. The molecule has 0 saturated heterocycles. The molecule has 24 heavy (non-hydrogen) atoms. The lowest BCUT2D eigenvalue weighted by Gasteiger charge is -2.19. The number of nitrogens with one attached hydrogen (secondary N) is 2. The van der Waals surface area contributed by atoms with Gasteiger partial charge in [0.05, 0.1) is 12.6 Å². The van der Waals surface area contributed by atoms with Crippen LogP contribution in [0.15, 0.2) is 64.3 Å². The Kier molecular flexibility index (Phi) is 5.11. The predicted molar refractivity (Wildman–Crippen MR) is 96.8 cm³/mol.